The molecule has 0 radical (unpaired) electrons. The molecule has 0 heterocycles. The molecule has 0 aliphatic heterocycles. The molecule has 0 saturated heterocycles. The Morgan fingerprint density at radius 3 is 2.04 bits per heavy atom. The fourth-order valence-electron chi connectivity index (χ4n) is 2.91. The van der Waals surface area contributed by atoms with E-state index in [9.17, 15) is 4.79 Å². The zero-order valence-electron chi connectivity index (χ0n) is 15.1. The van der Waals surface area contributed by atoms with Gasteiger partial charge in [0.15, 0.2) is 5.78 Å². The minimum Gasteiger partial charge on any atom is -0.331 e. The van der Waals surface area contributed by atoms with E-state index >= 15 is 0 Å². The van der Waals surface area contributed by atoms with Gasteiger partial charge < -0.3 is 9.05 Å². The Balaban J connectivity index is 2.51. The predicted molar refractivity (Wildman–Crippen MR) is 100 cm³/mol. The van der Waals surface area contributed by atoms with E-state index in [1.165, 1.54) is 5.56 Å². The summed E-state index contributed by atoms with van der Waals surface area (Å²) in [5, 5.41) is 0.848. The Bertz CT molecular complexity index is 696. The van der Waals surface area contributed by atoms with Crippen molar-refractivity contribution in [1.82, 2.24) is 0 Å². The third kappa shape index (κ3) is 4.10. The first-order valence-electron chi connectivity index (χ1n) is 8.27. The number of benzene rings is 2. The van der Waals surface area contributed by atoms with E-state index in [1.54, 1.807) is 0 Å². The first-order valence-corrected chi connectivity index (χ1v) is 9.44. The van der Waals surface area contributed by atoms with Gasteiger partial charge in [-0.1, -0.05) is 35.9 Å². The summed E-state index contributed by atoms with van der Waals surface area (Å²) in [5.74, 6) is 0.0347. The van der Waals surface area contributed by atoms with Crippen molar-refractivity contribution in [2.75, 3.05) is 13.2 Å². The van der Waals surface area contributed by atoms with Gasteiger partial charge in [-0.25, -0.2) is 0 Å². The van der Waals surface area contributed by atoms with Gasteiger partial charge in [-0.2, -0.15) is 0 Å². The predicted octanol–water partition coefficient (Wildman–Crippen LogP) is 4.85. The van der Waals surface area contributed by atoms with Crippen molar-refractivity contribution in [1.29, 1.82) is 0 Å². The molecule has 0 atom stereocenters. The van der Waals surface area contributed by atoms with Crippen LogP contribution in [-0.2, 0) is 9.05 Å². The van der Waals surface area contributed by atoms with E-state index in [2.05, 4.69) is 12.1 Å². The van der Waals surface area contributed by atoms with E-state index in [4.69, 9.17) is 9.05 Å². The second-order valence-electron chi connectivity index (χ2n) is 5.71. The molecular formula is C20H25O3P. The van der Waals surface area contributed by atoms with Gasteiger partial charge in [0.05, 0.1) is 13.2 Å². The monoisotopic (exact) mass is 344 g/mol. The van der Waals surface area contributed by atoms with E-state index in [0.717, 1.165) is 22.0 Å². The van der Waals surface area contributed by atoms with Gasteiger partial charge in [0.1, 0.15) is 0 Å². The van der Waals surface area contributed by atoms with Crippen molar-refractivity contribution in [3.63, 3.8) is 0 Å². The fraction of sp³-hybridized carbons (Fsp3) is 0.350. The average molecular weight is 344 g/mol. The number of carbonyl (C=O) groups is 1. The lowest BCUT2D eigenvalue weighted by Gasteiger charge is -2.19. The summed E-state index contributed by atoms with van der Waals surface area (Å²) < 4.78 is 11.5. The van der Waals surface area contributed by atoms with Gasteiger partial charge in [0.2, 0.25) is 8.38 Å². The van der Waals surface area contributed by atoms with Crippen LogP contribution in [0.25, 0.3) is 0 Å². The molecular weight excluding hydrogens is 319 g/mol. The van der Waals surface area contributed by atoms with Crippen molar-refractivity contribution >= 4 is 19.5 Å². The smallest absolute Gasteiger partial charge is 0.205 e. The molecule has 0 saturated carbocycles. The summed E-state index contributed by atoms with van der Waals surface area (Å²) in [6.07, 6.45) is 0. The Morgan fingerprint density at radius 2 is 1.50 bits per heavy atom. The van der Waals surface area contributed by atoms with Crippen LogP contribution in [0.5, 0.6) is 0 Å². The Kier molecular flexibility index (Phi) is 6.68. The molecule has 128 valence electrons. The van der Waals surface area contributed by atoms with Crippen LogP contribution in [0.3, 0.4) is 0 Å². The van der Waals surface area contributed by atoms with Crippen LogP contribution >= 0.6 is 8.38 Å². The van der Waals surface area contributed by atoms with Crippen LogP contribution in [0.4, 0.5) is 0 Å². The quantitative estimate of drug-likeness (QED) is 0.532. The second kappa shape index (κ2) is 8.53. The number of hydrogen-bond acceptors (Lipinski definition) is 3. The lowest BCUT2D eigenvalue weighted by molar-refractivity contribution is 0.103. The second-order valence-corrected chi connectivity index (χ2v) is 7.23. The summed E-state index contributed by atoms with van der Waals surface area (Å²) in [4.78, 5) is 13.2. The van der Waals surface area contributed by atoms with Gasteiger partial charge in [-0.05, 0) is 51.8 Å². The van der Waals surface area contributed by atoms with E-state index in [-0.39, 0.29) is 5.78 Å². The molecule has 0 aromatic heterocycles. The van der Waals surface area contributed by atoms with Crippen LogP contribution in [0.2, 0.25) is 0 Å². The fourth-order valence-corrected chi connectivity index (χ4v) is 4.31. The Morgan fingerprint density at radius 1 is 0.958 bits per heavy atom. The third-order valence-electron chi connectivity index (χ3n) is 3.74. The minimum atomic E-state index is -1.25. The van der Waals surface area contributed by atoms with Gasteiger partial charge in [-0.15, -0.1) is 0 Å². The number of aryl methyl sites for hydroxylation is 3. The summed E-state index contributed by atoms with van der Waals surface area (Å²) in [5.41, 5.74) is 4.62. The number of carbonyl (C=O) groups excluding carboxylic acids is 1. The maximum atomic E-state index is 13.2. The van der Waals surface area contributed by atoms with Crippen LogP contribution in [0.15, 0.2) is 36.4 Å². The minimum absolute atomic E-state index is 0.0347. The molecule has 0 unspecified atom stereocenters. The largest absolute Gasteiger partial charge is 0.331 e. The summed E-state index contributed by atoms with van der Waals surface area (Å²) in [6, 6.07) is 11.7. The van der Waals surface area contributed by atoms with Crippen LogP contribution < -0.4 is 5.30 Å². The molecule has 0 spiro atoms. The van der Waals surface area contributed by atoms with E-state index < -0.39 is 8.38 Å². The first kappa shape index (κ1) is 18.8. The first-order chi connectivity index (χ1) is 11.5. The molecule has 0 aliphatic rings. The maximum absolute atomic E-state index is 13.2. The molecule has 24 heavy (non-hydrogen) atoms. The van der Waals surface area contributed by atoms with Crippen molar-refractivity contribution in [2.24, 2.45) is 0 Å². The zero-order chi connectivity index (χ0) is 17.7. The van der Waals surface area contributed by atoms with E-state index in [0.29, 0.717) is 18.8 Å². The Hall–Kier alpha value is -1.54. The highest BCUT2D eigenvalue weighted by Gasteiger charge is 2.23. The average Bonchev–Trinajstić information content (AvgIpc) is 2.53. The number of ketones is 1. The lowest BCUT2D eigenvalue weighted by Crippen LogP contribution is -2.18. The molecule has 0 amide bonds. The molecule has 0 bridgehead atoms. The SMILES string of the molecule is CCOP(OCC)c1ccccc1C(=O)c1c(C)cc(C)cc1C. The normalized spacial score (nSPS) is 11.1. The summed E-state index contributed by atoms with van der Waals surface area (Å²) in [6.45, 7) is 11.0. The highest BCUT2D eigenvalue weighted by Crippen LogP contribution is 2.38. The van der Waals surface area contributed by atoms with Crippen LogP contribution in [-0.4, -0.2) is 19.0 Å². The standard InChI is InChI=1S/C20H25O3P/c1-6-22-24(23-7-2)18-11-9-8-10-17(18)20(21)19-15(4)12-14(3)13-16(19)5/h8-13H,6-7H2,1-5H3. The molecule has 2 aromatic rings. The van der Waals surface area contributed by atoms with Gasteiger partial charge in [-0.3, -0.25) is 4.79 Å². The number of hydrogen-bond donors (Lipinski definition) is 0. The topological polar surface area (TPSA) is 35.5 Å². The molecule has 2 aromatic carbocycles. The maximum Gasteiger partial charge on any atom is 0.205 e. The molecule has 2 rings (SSSR count). The third-order valence-corrected chi connectivity index (χ3v) is 5.51. The van der Waals surface area contributed by atoms with Crippen molar-refractivity contribution in [3.8, 4) is 0 Å². The highest BCUT2D eigenvalue weighted by molar-refractivity contribution is 7.56. The van der Waals surface area contributed by atoms with Gasteiger partial charge in [0.25, 0.3) is 0 Å². The van der Waals surface area contributed by atoms with Gasteiger partial charge in [0, 0.05) is 16.4 Å². The van der Waals surface area contributed by atoms with Crippen molar-refractivity contribution < 1.29 is 13.8 Å². The molecule has 0 fully saturated rings. The molecule has 0 N–H and O–H groups in total. The lowest BCUT2D eigenvalue weighted by atomic mass is 9.93. The van der Waals surface area contributed by atoms with Crippen LogP contribution in [0, 0.1) is 20.8 Å². The van der Waals surface area contributed by atoms with Crippen molar-refractivity contribution in [3.05, 3.63) is 64.2 Å². The Labute approximate surface area is 145 Å². The highest BCUT2D eigenvalue weighted by atomic mass is 31.2. The summed E-state index contributed by atoms with van der Waals surface area (Å²) >= 11 is 0. The molecule has 3 nitrogen and oxygen atoms in total. The van der Waals surface area contributed by atoms with Crippen molar-refractivity contribution in [2.45, 2.75) is 34.6 Å². The number of rotatable bonds is 7. The zero-order valence-corrected chi connectivity index (χ0v) is 15.9. The summed E-state index contributed by atoms with van der Waals surface area (Å²) in [7, 11) is -1.25. The molecule has 4 heteroatoms. The van der Waals surface area contributed by atoms with Crippen LogP contribution in [0.1, 0.15) is 46.5 Å². The van der Waals surface area contributed by atoms with Gasteiger partial charge >= 0.3 is 0 Å². The molecule has 0 aliphatic carbocycles. The van der Waals surface area contributed by atoms with E-state index in [1.807, 2.05) is 58.9 Å².